The minimum absolute atomic E-state index is 0.0655. The van der Waals surface area contributed by atoms with Gasteiger partial charge >= 0.3 is 17.9 Å². The summed E-state index contributed by atoms with van der Waals surface area (Å²) in [5, 5.41) is 0. The van der Waals surface area contributed by atoms with Gasteiger partial charge < -0.3 is 14.2 Å². The summed E-state index contributed by atoms with van der Waals surface area (Å²) >= 11 is 0. The predicted molar refractivity (Wildman–Crippen MR) is 363 cm³/mol. The first-order valence-electron chi connectivity index (χ1n) is 37.8. The number of unbranched alkanes of at least 4 members (excludes halogenated alkanes) is 56. The number of rotatable bonds is 71. The lowest BCUT2D eigenvalue weighted by molar-refractivity contribution is -0.167. The first-order valence-corrected chi connectivity index (χ1v) is 37.8. The summed E-state index contributed by atoms with van der Waals surface area (Å²) in [4.78, 5) is 38.4. The second kappa shape index (κ2) is 72.4. The summed E-state index contributed by atoms with van der Waals surface area (Å²) in [6.45, 7) is 6.70. The van der Waals surface area contributed by atoms with E-state index in [2.05, 4.69) is 45.1 Å². The van der Waals surface area contributed by atoms with E-state index in [1.165, 1.54) is 327 Å². The third-order valence-corrected chi connectivity index (χ3v) is 17.5. The van der Waals surface area contributed by atoms with Crippen molar-refractivity contribution in [3.05, 3.63) is 24.3 Å². The van der Waals surface area contributed by atoms with E-state index in [4.69, 9.17) is 14.2 Å². The van der Waals surface area contributed by atoms with E-state index in [0.29, 0.717) is 19.3 Å². The van der Waals surface area contributed by atoms with Crippen LogP contribution in [0.4, 0.5) is 0 Å². The van der Waals surface area contributed by atoms with Gasteiger partial charge in [-0.25, -0.2) is 0 Å². The first kappa shape index (κ1) is 80.9. The number of carbonyl (C=O) groups is 3. The minimum Gasteiger partial charge on any atom is -0.462 e. The molecule has 0 aliphatic heterocycles. The molecule has 1 atom stereocenters. The summed E-state index contributed by atoms with van der Waals surface area (Å²) in [7, 11) is 0. The summed E-state index contributed by atoms with van der Waals surface area (Å²) in [5.74, 6) is -0.837. The molecule has 0 bridgehead atoms. The molecule has 0 fully saturated rings. The quantitative estimate of drug-likeness (QED) is 0.0261. The van der Waals surface area contributed by atoms with Gasteiger partial charge in [0.25, 0.3) is 0 Å². The summed E-state index contributed by atoms with van der Waals surface area (Å²) in [5.41, 5.74) is 0. The minimum atomic E-state index is -0.769. The van der Waals surface area contributed by atoms with Crippen LogP contribution in [-0.4, -0.2) is 37.2 Å². The van der Waals surface area contributed by atoms with Crippen LogP contribution in [0.1, 0.15) is 432 Å². The number of hydrogen-bond donors (Lipinski definition) is 0. The predicted octanol–water partition coefficient (Wildman–Crippen LogP) is 26.1. The lowest BCUT2D eigenvalue weighted by Crippen LogP contribution is -2.30. The number of allylic oxidation sites excluding steroid dienone is 4. The zero-order chi connectivity index (χ0) is 59.9. The zero-order valence-corrected chi connectivity index (χ0v) is 56.5. The Hall–Kier alpha value is -2.11. The molecule has 6 nitrogen and oxygen atoms in total. The van der Waals surface area contributed by atoms with Crippen molar-refractivity contribution in [2.75, 3.05) is 13.2 Å². The molecule has 0 aromatic heterocycles. The monoisotopic (exact) mass is 1170 g/mol. The molecule has 0 spiro atoms. The third-order valence-electron chi connectivity index (χ3n) is 17.5. The number of carbonyl (C=O) groups excluding carboxylic acids is 3. The van der Waals surface area contributed by atoms with Crippen LogP contribution >= 0.6 is 0 Å². The molecule has 0 rings (SSSR count). The molecular weight excluding hydrogens is 1020 g/mol. The molecule has 1 unspecified atom stereocenters. The normalized spacial score (nSPS) is 12.1. The van der Waals surface area contributed by atoms with Crippen molar-refractivity contribution in [1.29, 1.82) is 0 Å². The highest BCUT2D eigenvalue weighted by Crippen LogP contribution is 2.19. The van der Waals surface area contributed by atoms with Crippen molar-refractivity contribution in [3.8, 4) is 0 Å². The van der Waals surface area contributed by atoms with E-state index in [0.717, 1.165) is 64.2 Å². The highest BCUT2D eigenvalue weighted by molar-refractivity contribution is 5.71. The molecule has 0 N–H and O–H groups in total. The van der Waals surface area contributed by atoms with Gasteiger partial charge in [0.15, 0.2) is 6.10 Å². The Bertz CT molecular complexity index is 1340. The van der Waals surface area contributed by atoms with Crippen LogP contribution < -0.4 is 0 Å². The van der Waals surface area contributed by atoms with E-state index in [1.54, 1.807) is 0 Å². The Balaban J connectivity index is 4.06. The third kappa shape index (κ3) is 70.5. The lowest BCUT2D eigenvalue weighted by Gasteiger charge is -2.18. The highest BCUT2D eigenvalue weighted by atomic mass is 16.6. The first-order chi connectivity index (χ1) is 41.0. The van der Waals surface area contributed by atoms with Crippen LogP contribution in [0.15, 0.2) is 24.3 Å². The van der Waals surface area contributed by atoms with Gasteiger partial charge in [-0.05, 0) is 51.4 Å². The molecule has 0 radical (unpaired) electrons. The molecule has 0 heterocycles. The summed E-state index contributed by atoms with van der Waals surface area (Å²) in [6, 6.07) is 0. The molecule has 0 aliphatic rings. The topological polar surface area (TPSA) is 78.9 Å². The highest BCUT2D eigenvalue weighted by Gasteiger charge is 2.20. The molecule has 0 saturated heterocycles. The number of esters is 3. The van der Waals surface area contributed by atoms with Gasteiger partial charge in [-0.2, -0.15) is 0 Å². The van der Waals surface area contributed by atoms with E-state index in [9.17, 15) is 14.4 Å². The van der Waals surface area contributed by atoms with E-state index >= 15 is 0 Å². The van der Waals surface area contributed by atoms with Crippen LogP contribution in [0.2, 0.25) is 0 Å². The van der Waals surface area contributed by atoms with E-state index in [-0.39, 0.29) is 31.1 Å². The average Bonchev–Trinajstić information content (AvgIpc) is 3.48. The fourth-order valence-corrected chi connectivity index (χ4v) is 11.8. The molecule has 0 aliphatic carbocycles. The largest absolute Gasteiger partial charge is 0.462 e. The Kier molecular flexibility index (Phi) is 70.5. The molecule has 6 heteroatoms. The Morgan fingerprint density at radius 3 is 0.663 bits per heavy atom. The second-order valence-electron chi connectivity index (χ2n) is 25.9. The summed E-state index contributed by atoms with van der Waals surface area (Å²) < 4.78 is 17.0. The Morgan fingerprint density at radius 2 is 0.434 bits per heavy atom. The number of hydrogen-bond acceptors (Lipinski definition) is 6. The van der Waals surface area contributed by atoms with Crippen molar-refractivity contribution >= 4 is 17.9 Å². The molecule has 83 heavy (non-hydrogen) atoms. The standard InChI is InChI=1S/C77H146O6/c1-4-7-10-13-16-19-22-24-26-28-30-32-34-35-36-37-38-39-40-41-42-44-45-47-49-51-53-55-58-61-64-67-70-76(79)82-73-74(72-81-75(78)69-66-63-60-57-21-18-15-12-9-6-3)83-77(80)71-68-65-62-59-56-54-52-50-48-46-43-33-31-29-27-25-23-20-17-14-11-8-5-2/h23,25,29,31,74H,4-22,24,26-28,30,32-73H2,1-3H3/b25-23-,31-29-. The van der Waals surface area contributed by atoms with Gasteiger partial charge in [0.1, 0.15) is 13.2 Å². The Morgan fingerprint density at radius 1 is 0.241 bits per heavy atom. The van der Waals surface area contributed by atoms with Crippen LogP contribution in [0.5, 0.6) is 0 Å². The number of ether oxygens (including phenoxy) is 3. The maximum absolute atomic E-state index is 12.9. The second-order valence-corrected chi connectivity index (χ2v) is 25.9. The van der Waals surface area contributed by atoms with E-state index < -0.39 is 6.10 Å². The van der Waals surface area contributed by atoms with Crippen molar-refractivity contribution in [2.45, 2.75) is 438 Å². The van der Waals surface area contributed by atoms with Crippen molar-refractivity contribution in [3.63, 3.8) is 0 Å². The molecule has 0 aromatic rings. The van der Waals surface area contributed by atoms with Crippen LogP contribution in [0.3, 0.4) is 0 Å². The maximum Gasteiger partial charge on any atom is 0.306 e. The van der Waals surface area contributed by atoms with Gasteiger partial charge in [-0.3, -0.25) is 14.4 Å². The molecule has 0 saturated carbocycles. The molecule has 490 valence electrons. The van der Waals surface area contributed by atoms with Gasteiger partial charge in [-0.1, -0.05) is 385 Å². The van der Waals surface area contributed by atoms with Crippen LogP contribution in [0, 0.1) is 0 Å². The van der Waals surface area contributed by atoms with Crippen molar-refractivity contribution < 1.29 is 28.6 Å². The smallest absolute Gasteiger partial charge is 0.306 e. The Labute approximate surface area is 519 Å². The van der Waals surface area contributed by atoms with Crippen LogP contribution in [0.25, 0.3) is 0 Å². The zero-order valence-electron chi connectivity index (χ0n) is 56.5. The van der Waals surface area contributed by atoms with Gasteiger partial charge in [0, 0.05) is 19.3 Å². The van der Waals surface area contributed by atoms with E-state index in [1.807, 2.05) is 0 Å². The molecular formula is C77H146O6. The average molecular weight is 1170 g/mol. The molecule has 0 aromatic carbocycles. The summed E-state index contributed by atoms with van der Waals surface area (Å²) in [6.07, 6.45) is 89.6. The maximum atomic E-state index is 12.9. The molecule has 0 amide bonds. The SMILES string of the molecule is CCCCCCC/C=C\C/C=C\CCCCCCCCCCCCCC(=O)OC(COC(=O)CCCCCCCCCCCC)COC(=O)CCCCCCCCCCCCCCCCCCCCCCCCCCCCCCCCCC. The fraction of sp³-hybridized carbons (Fsp3) is 0.909. The van der Waals surface area contributed by atoms with Crippen molar-refractivity contribution in [1.82, 2.24) is 0 Å². The van der Waals surface area contributed by atoms with Gasteiger partial charge in [0.2, 0.25) is 0 Å². The van der Waals surface area contributed by atoms with Gasteiger partial charge in [0.05, 0.1) is 0 Å². The van der Waals surface area contributed by atoms with Crippen molar-refractivity contribution in [2.24, 2.45) is 0 Å². The van der Waals surface area contributed by atoms with Crippen LogP contribution in [-0.2, 0) is 28.6 Å². The van der Waals surface area contributed by atoms with Gasteiger partial charge in [-0.15, -0.1) is 0 Å². The fourth-order valence-electron chi connectivity index (χ4n) is 11.8. The lowest BCUT2D eigenvalue weighted by atomic mass is 10.0.